The van der Waals surface area contributed by atoms with E-state index in [1.54, 1.807) is 20.3 Å². The Kier molecular flexibility index (Phi) is 5.30. The van der Waals surface area contributed by atoms with E-state index in [0.29, 0.717) is 29.8 Å². The maximum absolute atomic E-state index is 5.40. The molecule has 1 heterocycles. The molecule has 130 valence electrons. The van der Waals surface area contributed by atoms with Crippen molar-refractivity contribution in [2.24, 2.45) is 0 Å². The summed E-state index contributed by atoms with van der Waals surface area (Å²) in [5.74, 6) is 2.42. The van der Waals surface area contributed by atoms with E-state index in [0.717, 1.165) is 12.1 Å². The van der Waals surface area contributed by atoms with Crippen molar-refractivity contribution < 1.29 is 14.0 Å². The Morgan fingerprint density at radius 3 is 2.52 bits per heavy atom. The van der Waals surface area contributed by atoms with Gasteiger partial charge < -0.3 is 14.0 Å². The molecule has 0 aliphatic carbocycles. The predicted octanol–water partition coefficient (Wildman–Crippen LogP) is 3.39. The van der Waals surface area contributed by atoms with Crippen molar-refractivity contribution in [1.29, 1.82) is 0 Å². The van der Waals surface area contributed by atoms with Gasteiger partial charge in [-0.25, -0.2) is 0 Å². The van der Waals surface area contributed by atoms with Crippen LogP contribution in [0.2, 0.25) is 0 Å². The fraction of sp³-hybridized carbons (Fsp3) is 0.263. The summed E-state index contributed by atoms with van der Waals surface area (Å²) >= 11 is 0. The van der Waals surface area contributed by atoms with Crippen LogP contribution < -0.4 is 9.47 Å². The summed E-state index contributed by atoms with van der Waals surface area (Å²) in [4.78, 5) is 6.61. The van der Waals surface area contributed by atoms with Crippen molar-refractivity contribution in [2.45, 2.75) is 13.1 Å². The van der Waals surface area contributed by atoms with E-state index in [2.05, 4.69) is 27.2 Å². The summed E-state index contributed by atoms with van der Waals surface area (Å²) in [5.41, 5.74) is 2.01. The normalized spacial score (nSPS) is 10.9. The fourth-order valence-corrected chi connectivity index (χ4v) is 2.59. The molecule has 6 heteroatoms. The van der Waals surface area contributed by atoms with E-state index in [1.807, 2.05) is 37.4 Å². The lowest BCUT2D eigenvalue weighted by molar-refractivity contribution is 0.261. The minimum atomic E-state index is 0.502. The summed E-state index contributed by atoms with van der Waals surface area (Å²) in [6.07, 6.45) is 0. The number of hydrogen-bond acceptors (Lipinski definition) is 6. The summed E-state index contributed by atoms with van der Waals surface area (Å²) in [7, 11) is 5.24. The quantitative estimate of drug-likeness (QED) is 0.657. The highest BCUT2D eigenvalue weighted by atomic mass is 16.5. The molecule has 0 saturated heterocycles. The van der Waals surface area contributed by atoms with Gasteiger partial charge in [0.2, 0.25) is 11.7 Å². The van der Waals surface area contributed by atoms with Crippen LogP contribution in [0.25, 0.3) is 11.4 Å². The van der Waals surface area contributed by atoms with E-state index in [-0.39, 0.29) is 0 Å². The van der Waals surface area contributed by atoms with Gasteiger partial charge in [0.05, 0.1) is 26.3 Å². The molecule has 1 aromatic heterocycles. The predicted molar refractivity (Wildman–Crippen MR) is 94.5 cm³/mol. The maximum Gasteiger partial charge on any atom is 0.241 e. The third-order valence-electron chi connectivity index (χ3n) is 3.82. The second kappa shape index (κ2) is 7.81. The van der Waals surface area contributed by atoms with Crippen LogP contribution in [0.15, 0.2) is 53.1 Å². The molecule has 25 heavy (non-hydrogen) atoms. The summed E-state index contributed by atoms with van der Waals surface area (Å²) in [5, 5.41) is 4.08. The van der Waals surface area contributed by atoms with Crippen LogP contribution in [0, 0.1) is 0 Å². The maximum atomic E-state index is 5.40. The lowest BCUT2D eigenvalue weighted by Crippen LogP contribution is -2.17. The van der Waals surface area contributed by atoms with E-state index in [4.69, 9.17) is 14.0 Å². The Morgan fingerprint density at radius 2 is 1.80 bits per heavy atom. The van der Waals surface area contributed by atoms with Crippen molar-refractivity contribution in [3.8, 4) is 22.9 Å². The molecule has 0 bridgehead atoms. The standard InChI is InChI=1S/C19H21N3O3/c1-22(12-14-7-5-4-6-8-14)13-18-20-19(21-25-18)16-10-9-15(23-2)11-17(16)24-3/h4-11H,12-13H2,1-3H3. The van der Waals surface area contributed by atoms with E-state index in [9.17, 15) is 0 Å². The van der Waals surface area contributed by atoms with Gasteiger partial charge in [0, 0.05) is 12.6 Å². The second-order valence-corrected chi connectivity index (χ2v) is 5.74. The molecule has 3 rings (SSSR count). The Balaban J connectivity index is 1.72. The molecule has 0 amide bonds. The minimum Gasteiger partial charge on any atom is -0.497 e. The smallest absolute Gasteiger partial charge is 0.241 e. The molecular weight excluding hydrogens is 318 g/mol. The number of rotatable bonds is 7. The lowest BCUT2D eigenvalue weighted by Gasteiger charge is -2.13. The number of methoxy groups -OCH3 is 2. The van der Waals surface area contributed by atoms with Crippen molar-refractivity contribution in [3.63, 3.8) is 0 Å². The molecule has 0 radical (unpaired) electrons. The van der Waals surface area contributed by atoms with Crippen LogP contribution >= 0.6 is 0 Å². The van der Waals surface area contributed by atoms with Crippen LogP contribution in [-0.2, 0) is 13.1 Å². The molecule has 3 aromatic rings. The van der Waals surface area contributed by atoms with Gasteiger partial charge in [0.1, 0.15) is 11.5 Å². The minimum absolute atomic E-state index is 0.502. The van der Waals surface area contributed by atoms with Crippen molar-refractivity contribution in [1.82, 2.24) is 15.0 Å². The number of nitrogens with zero attached hydrogens (tertiary/aromatic N) is 3. The Labute approximate surface area is 147 Å². The van der Waals surface area contributed by atoms with E-state index < -0.39 is 0 Å². The van der Waals surface area contributed by atoms with Gasteiger partial charge in [0.25, 0.3) is 0 Å². The topological polar surface area (TPSA) is 60.6 Å². The fourth-order valence-electron chi connectivity index (χ4n) is 2.59. The van der Waals surface area contributed by atoms with Crippen LogP contribution in [0.5, 0.6) is 11.5 Å². The van der Waals surface area contributed by atoms with E-state index >= 15 is 0 Å². The Hall–Kier alpha value is -2.86. The average molecular weight is 339 g/mol. The number of hydrogen-bond donors (Lipinski definition) is 0. The van der Waals surface area contributed by atoms with Crippen LogP contribution in [0.1, 0.15) is 11.5 Å². The number of benzene rings is 2. The first kappa shape index (κ1) is 17.0. The molecule has 0 aliphatic rings. The highest BCUT2D eigenvalue weighted by Gasteiger charge is 2.15. The highest BCUT2D eigenvalue weighted by molar-refractivity contribution is 5.65. The Bertz CT molecular complexity index is 818. The molecular formula is C19H21N3O3. The first-order valence-corrected chi connectivity index (χ1v) is 7.97. The summed E-state index contributed by atoms with van der Waals surface area (Å²) in [6, 6.07) is 15.8. The molecule has 0 saturated carbocycles. The molecule has 0 N–H and O–H groups in total. The SMILES string of the molecule is COc1ccc(-c2noc(CN(C)Cc3ccccc3)n2)c(OC)c1. The zero-order valence-electron chi connectivity index (χ0n) is 14.6. The van der Waals surface area contributed by atoms with Gasteiger partial charge in [-0.2, -0.15) is 4.98 Å². The molecule has 0 fully saturated rings. The zero-order valence-corrected chi connectivity index (χ0v) is 14.6. The highest BCUT2D eigenvalue weighted by Crippen LogP contribution is 2.31. The van der Waals surface area contributed by atoms with Crippen LogP contribution in [0.4, 0.5) is 0 Å². The monoisotopic (exact) mass is 339 g/mol. The largest absolute Gasteiger partial charge is 0.497 e. The molecule has 0 aliphatic heterocycles. The van der Waals surface area contributed by atoms with Gasteiger partial charge in [-0.15, -0.1) is 0 Å². The average Bonchev–Trinajstić information content (AvgIpc) is 3.10. The summed E-state index contributed by atoms with van der Waals surface area (Å²) in [6.45, 7) is 1.38. The van der Waals surface area contributed by atoms with Gasteiger partial charge >= 0.3 is 0 Å². The third kappa shape index (κ3) is 4.16. The summed E-state index contributed by atoms with van der Waals surface area (Å²) < 4.78 is 16.0. The number of aromatic nitrogens is 2. The zero-order chi connectivity index (χ0) is 17.6. The van der Waals surface area contributed by atoms with E-state index in [1.165, 1.54) is 5.56 Å². The first-order valence-electron chi connectivity index (χ1n) is 7.97. The van der Waals surface area contributed by atoms with Gasteiger partial charge in [-0.3, -0.25) is 4.90 Å². The molecule has 6 nitrogen and oxygen atoms in total. The van der Waals surface area contributed by atoms with Crippen molar-refractivity contribution in [3.05, 3.63) is 60.0 Å². The van der Waals surface area contributed by atoms with Gasteiger partial charge in [-0.1, -0.05) is 35.5 Å². The molecule has 2 aromatic carbocycles. The molecule has 0 atom stereocenters. The lowest BCUT2D eigenvalue weighted by atomic mass is 10.2. The third-order valence-corrected chi connectivity index (χ3v) is 3.82. The molecule has 0 spiro atoms. The van der Waals surface area contributed by atoms with Crippen molar-refractivity contribution in [2.75, 3.05) is 21.3 Å². The second-order valence-electron chi connectivity index (χ2n) is 5.74. The van der Waals surface area contributed by atoms with Crippen LogP contribution in [0.3, 0.4) is 0 Å². The Morgan fingerprint density at radius 1 is 1.00 bits per heavy atom. The van der Waals surface area contributed by atoms with Crippen molar-refractivity contribution >= 4 is 0 Å². The van der Waals surface area contributed by atoms with Gasteiger partial charge in [-0.05, 0) is 24.7 Å². The number of ether oxygens (including phenoxy) is 2. The first-order chi connectivity index (χ1) is 12.2. The van der Waals surface area contributed by atoms with Gasteiger partial charge in [0.15, 0.2) is 0 Å². The molecule has 0 unspecified atom stereocenters. The van der Waals surface area contributed by atoms with Crippen LogP contribution in [-0.4, -0.2) is 36.3 Å².